The molecule has 0 saturated carbocycles. The lowest BCUT2D eigenvalue weighted by molar-refractivity contribution is -0.185. The highest BCUT2D eigenvalue weighted by atomic mass is 35.5. The number of hydrogen-bond donors (Lipinski definition) is 1. The van der Waals surface area contributed by atoms with Crippen LogP contribution < -0.4 is 0 Å². The lowest BCUT2D eigenvalue weighted by Gasteiger charge is -2.39. The van der Waals surface area contributed by atoms with Gasteiger partial charge in [-0.05, 0) is 68.5 Å². The first-order valence-corrected chi connectivity index (χ1v) is 11.4. The number of likely N-dealkylation sites (tertiary alicyclic amines) is 1. The van der Waals surface area contributed by atoms with Crippen LogP contribution >= 0.6 is 11.6 Å². The normalized spacial score (nSPS) is 21.1. The Morgan fingerprint density at radius 2 is 1.94 bits per heavy atom. The number of nitrogens with one attached hydrogen (secondary N) is 1. The van der Waals surface area contributed by atoms with E-state index in [9.17, 15) is 18.0 Å². The van der Waals surface area contributed by atoms with E-state index in [2.05, 4.69) is 18.8 Å². The minimum absolute atomic E-state index is 0.00144. The maximum atomic E-state index is 13.2. The molecule has 0 spiro atoms. The molecule has 0 bridgehead atoms. The highest BCUT2D eigenvalue weighted by molar-refractivity contribution is 6.31. The lowest BCUT2D eigenvalue weighted by atomic mass is 9.91. The summed E-state index contributed by atoms with van der Waals surface area (Å²) in [6.07, 6.45) is -2.43. The van der Waals surface area contributed by atoms with Crippen LogP contribution in [0.5, 0.6) is 0 Å². The second kappa shape index (κ2) is 8.66. The van der Waals surface area contributed by atoms with Crippen molar-refractivity contribution in [3.8, 4) is 0 Å². The first-order valence-electron chi connectivity index (χ1n) is 11.0. The van der Waals surface area contributed by atoms with E-state index in [0.29, 0.717) is 30.6 Å². The second-order valence-electron chi connectivity index (χ2n) is 9.28. The fourth-order valence-corrected chi connectivity index (χ4v) is 5.20. The number of rotatable bonds is 4. The molecule has 4 rings (SSSR count). The molecule has 1 aromatic carbocycles. The molecule has 1 atom stereocenters. The Hall–Kier alpha value is -1.73. The number of carbonyl (C=O) groups is 1. The molecule has 170 valence electrons. The molecule has 1 unspecified atom stereocenters. The van der Waals surface area contributed by atoms with Crippen molar-refractivity contribution in [1.82, 2.24) is 14.8 Å². The summed E-state index contributed by atoms with van der Waals surface area (Å²) in [4.78, 5) is 20.6. The van der Waals surface area contributed by atoms with Crippen molar-refractivity contribution in [1.29, 1.82) is 0 Å². The van der Waals surface area contributed by atoms with Gasteiger partial charge in [0.15, 0.2) is 0 Å². The number of aromatic nitrogens is 1. The van der Waals surface area contributed by atoms with Gasteiger partial charge in [-0.2, -0.15) is 13.2 Å². The summed E-state index contributed by atoms with van der Waals surface area (Å²) in [5, 5.41) is 1.80. The monoisotopic (exact) mass is 455 g/mol. The van der Waals surface area contributed by atoms with Crippen LogP contribution in [0.1, 0.15) is 50.4 Å². The van der Waals surface area contributed by atoms with Gasteiger partial charge in [0, 0.05) is 28.2 Å². The number of amides is 1. The zero-order valence-electron chi connectivity index (χ0n) is 17.9. The zero-order valence-corrected chi connectivity index (χ0v) is 18.7. The minimum atomic E-state index is -4.14. The Kier molecular flexibility index (Phi) is 6.28. The van der Waals surface area contributed by atoms with Gasteiger partial charge in [0.1, 0.15) is 0 Å². The minimum Gasteiger partial charge on any atom is -0.356 e. The van der Waals surface area contributed by atoms with Crippen LogP contribution in [0.2, 0.25) is 5.02 Å². The summed E-state index contributed by atoms with van der Waals surface area (Å²) in [7, 11) is 0. The van der Waals surface area contributed by atoms with Gasteiger partial charge in [0.25, 0.3) is 0 Å². The van der Waals surface area contributed by atoms with Gasteiger partial charge in [-0.15, -0.1) is 0 Å². The Labute approximate surface area is 185 Å². The van der Waals surface area contributed by atoms with E-state index in [0.717, 1.165) is 29.4 Å². The fourth-order valence-electron chi connectivity index (χ4n) is 5.03. The highest BCUT2D eigenvalue weighted by Gasteiger charge is 2.41. The molecule has 1 aromatic heterocycles. The maximum Gasteiger partial charge on any atom is 0.391 e. The van der Waals surface area contributed by atoms with Gasteiger partial charge in [0.05, 0.1) is 18.5 Å². The Bertz CT molecular complexity index is 947. The number of nitrogens with zero attached hydrogens (tertiary/aromatic N) is 2. The van der Waals surface area contributed by atoms with Crippen molar-refractivity contribution in [2.45, 2.75) is 51.7 Å². The molecule has 31 heavy (non-hydrogen) atoms. The third-order valence-electron chi connectivity index (χ3n) is 6.64. The van der Waals surface area contributed by atoms with Gasteiger partial charge in [-0.1, -0.05) is 25.4 Å². The van der Waals surface area contributed by atoms with Crippen LogP contribution in [0, 0.1) is 11.8 Å². The molecule has 3 heterocycles. The molecule has 2 aliphatic heterocycles. The molecule has 1 fully saturated rings. The number of halogens is 4. The number of hydrogen-bond acceptors (Lipinski definition) is 2. The summed E-state index contributed by atoms with van der Waals surface area (Å²) < 4.78 is 38.8. The largest absolute Gasteiger partial charge is 0.391 e. The summed E-state index contributed by atoms with van der Waals surface area (Å²) in [6, 6.07) is 5.74. The Balaban J connectivity index is 1.51. The number of fused-ring (bicyclic) bond motifs is 3. The molecule has 2 aromatic rings. The molecular formula is C23H29ClF3N3O. The Morgan fingerprint density at radius 3 is 2.58 bits per heavy atom. The van der Waals surface area contributed by atoms with Crippen LogP contribution in [-0.4, -0.2) is 53.0 Å². The second-order valence-corrected chi connectivity index (χ2v) is 9.72. The predicted molar refractivity (Wildman–Crippen MR) is 116 cm³/mol. The number of H-pyrrole nitrogens is 1. The molecule has 1 N–H and O–H groups in total. The van der Waals surface area contributed by atoms with Gasteiger partial charge in [-0.3, -0.25) is 9.69 Å². The van der Waals surface area contributed by atoms with Crippen molar-refractivity contribution in [2.75, 3.05) is 26.2 Å². The highest BCUT2D eigenvalue weighted by Crippen LogP contribution is 2.39. The van der Waals surface area contributed by atoms with Gasteiger partial charge in [-0.25, -0.2) is 0 Å². The smallest absolute Gasteiger partial charge is 0.356 e. The first kappa shape index (κ1) is 22.5. The van der Waals surface area contributed by atoms with Crippen molar-refractivity contribution < 1.29 is 18.0 Å². The molecule has 0 radical (unpaired) electrons. The SMILES string of the molecule is CC(C)CC1c2[nH]c3ccc(Cl)cc3c2CCN1C(=O)CN1CCC(C(F)(F)F)CC1. The van der Waals surface area contributed by atoms with Gasteiger partial charge >= 0.3 is 6.18 Å². The van der Waals surface area contributed by atoms with Crippen LogP contribution in [0.15, 0.2) is 18.2 Å². The van der Waals surface area contributed by atoms with Crippen LogP contribution in [0.25, 0.3) is 10.9 Å². The molecule has 4 nitrogen and oxygen atoms in total. The van der Waals surface area contributed by atoms with Gasteiger partial charge < -0.3 is 9.88 Å². The lowest BCUT2D eigenvalue weighted by Crippen LogP contribution is -2.48. The summed E-state index contributed by atoms with van der Waals surface area (Å²) in [5.41, 5.74) is 3.31. The molecular weight excluding hydrogens is 427 g/mol. The number of piperidine rings is 1. The zero-order chi connectivity index (χ0) is 22.3. The predicted octanol–water partition coefficient (Wildman–Crippen LogP) is 5.57. The van der Waals surface area contributed by atoms with Crippen LogP contribution in [0.3, 0.4) is 0 Å². The third-order valence-corrected chi connectivity index (χ3v) is 6.87. The maximum absolute atomic E-state index is 13.2. The van der Waals surface area contributed by atoms with E-state index in [1.807, 2.05) is 28.0 Å². The fraction of sp³-hybridized carbons (Fsp3) is 0.609. The average molecular weight is 456 g/mol. The van der Waals surface area contributed by atoms with E-state index < -0.39 is 12.1 Å². The Morgan fingerprint density at radius 1 is 1.23 bits per heavy atom. The number of carbonyl (C=O) groups excluding carboxylic acids is 1. The van der Waals surface area contributed by atoms with Crippen LogP contribution in [0.4, 0.5) is 13.2 Å². The van der Waals surface area contributed by atoms with Crippen molar-refractivity contribution in [2.24, 2.45) is 11.8 Å². The summed E-state index contributed by atoms with van der Waals surface area (Å²) in [5.74, 6) is -0.856. The van der Waals surface area contributed by atoms with Crippen molar-refractivity contribution in [3.05, 3.63) is 34.5 Å². The molecule has 1 saturated heterocycles. The molecule has 0 aliphatic carbocycles. The number of benzene rings is 1. The molecule has 8 heteroatoms. The standard InChI is InChI=1S/C23H29ClF3N3O/c1-14(2)11-20-22-17(18-12-16(24)3-4-19(18)28-22)7-10-30(20)21(31)13-29-8-5-15(6-9-29)23(25,26)27/h3-4,12,14-15,20,28H,5-11,13H2,1-2H3. The van der Waals surface area contributed by atoms with E-state index >= 15 is 0 Å². The van der Waals surface area contributed by atoms with Gasteiger partial charge in [0.2, 0.25) is 5.91 Å². The van der Waals surface area contributed by atoms with Crippen molar-refractivity contribution in [3.63, 3.8) is 0 Å². The van der Waals surface area contributed by atoms with Crippen LogP contribution in [-0.2, 0) is 11.2 Å². The van der Waals surface area contributed by atoms with E-state index in [1.54, 1.807) is 0 Å². The summed E-state index contributed by atoms with van der Waals surface area (Å²) >= 11 is 6.21. The molecule has 1 amide bonds. The third kappa shape index (κ3) is 4.72. The van der Waals surface area contributed by atoms with E-state index in [-0.39, 0.29) is 31.3 Å². The topological polar surface area (TPSA) is 39.3 Å². The van der Waals surface area contributed by atoms with Crippen molar-refractivity contribution >= 4 is 28.4 Å². The summed E-state index contributed by atoms with van der Waals surface area (Å²) in [6.45, 7) is 5.70. The number of alkyl halides is 3. The van der Waals surface area contributed by atoms with E-state index in [4.69, 9.17) is 11.6 Å². The molecule has 2 aliphatic rings. The van der Waals surface area contributed by atoms with E-state index in [1.165, 1.54) is 5.56 Å². The first-order chi connectivity index (χ1) is 14.6. The number of aromatic amines is 1. The average Bonchev–Trinajstić information content (AvgIpc) is 3.06. The quantitative estimate of drug-likeness (QED) is 0.654.